The highest BCUT2D eigenvalue weighted by Gasteiger charge is 2.37. The first kappa shape index (κ1) is 24.1. The fourth-order valence-corrected chi connectivity index (χ4v) is 6.24. The Balaban J connectivity index is 1.36. The maximum atomic E-state index is 13.4. The molecule has 2 heterocycles. The third-order valence-corrected chi connectivity index (χ3v) is 8.95. The Hall–Kier alpha value is -2.00. The lowest BCUT2D eigenvalue weighted by molar-refractivity contribution is -0.126. The number of benzene rings is 2. The molecule has 0 atom stereocenters. The molecule has 2 aromatic rings. The first-order chi connectivity index (χ1) is 15.8. The van der Waals surface area contributed by atoms with Crippen LogP contribution >= 0.6 is 11.6 Å². The highest BCUT2D eigenvalue weighted by atomic mass is 35.5. The third-order valence-electron chi connectivity index (χ3n) is 6.78. The fourth-order valence-electron chi connectivity index (χ4n) is 4.65. The Labute approximate surface area is 199 Å². The van der Waals surface area contributed by atoms with Gasteiger partial charge in [0, 0.05) is 49.2 Å². The van der Waals surface area contributed by atoms with E-state index in [1.54, 1.807) is 24.3 Å². The van der Waals surface area contributed by atoms with Gasteiger partial charge in [0.25, 0.3) is 0 Å². The van der Waals surface area contributed by atoms with Crippen LogP contribution < -0.4 is 5.32 Å². The monoisotopic (exact) mass is 494 g/mol. The molecule has 1 N–H and O–H groups in total. The molecule has 0 saturated carbocycles. The summed E-state index contributed by atoms with van der Waals surface area (Å²) in [5.74, 6) is -0.594. The maximum Gasteiger partial charge on any atom is 0.243 e. The number of amides is 1. The fraction of sp³-hybridized carbons (Fsp3) is 0.458. The van der Waals surface area contributed by atoms with Crippen LogP contribution in [0, 0.1) is 11.7 Å². The molecule has 0 unspecified atom stereocenters. The van der Waals surface area contributed by atoms with E-state index in [-0.39, 0.29) is 28.0 Å². The summed E-state index contributed by atoms with van der Waals surface area (Å²) in [6, 6.07) is 12.6. The number of ether oxygens (including phenoxy) is 1. The zero-order valence-corrected chi connectivity index (χ0v) is 19.9. The minimum atomic E-state index is -3.61. The van der Waals surface area contributed by atoms with E-state index in [0.717, 1.165) is 18.4 Å². The molecule has 178 valence electrons. The van der Waals surface area contributed by atoms with E-state index in [1.165, 1.54) is 28.6 Å². The topological polar surface area (TPSA) is 75.7 Å². The van der Waals surface area contributed by atoms with Crippen molar-refractivity contribution in [3.05, 3.63) is 64.9 Å². The Kier molecular flexibility index (Phi) is 7.38. The van der Waals surface area contributed by atoms with Crippen LogP contribution in [0.2, 0.25) is 5.02 Å². The lowest BCUT2D eigenvalue weighted by atomic mass is 9.74. The van der Waals surface area contributed by atoms with Crippen LogP contribution in [0.3, 0.4) is 0 Å². The summed E-state index contributed by atoms with van der Waals surface area (Å²) < 4.78 is 46.1. The summed E-state index contributed by atoms with van der Waals surface area (Å²) in [6.45, 7) is 2.21. The molecule has 2 aliphatic heterocycles. The van der Waals surface area contributed by atoms with Gasteiger partial charge in [0.2, 0.25) is 15.9 Å². The quantitative estimate of drug-likeness (QED) is 0.663. The van der Waals surface area contributed by atoms with Gasteiger partial charge in [-0.05, 0) is 67.6 Å². The van der Waals surface area contributed by atoms with Crippen molar-refractivity contribution >= 4 is 27.5 Å². The van der Waals surface area contributed by atoms with Gasteiger partial charge in [0.05, 0.1) is 4.90 Å². The highest BCUT2D eigenvalue weighted by Crippen LogP contribution is 2.35. The Morgan fingerprint density at radius 1 is 1.06 bits per heavy atom. The molecule has 0 aromatic heterocycles. The van der Waals surface area contributed by atoms with Gasteiger partial charge in [-0.15, -0.1) is 0 Å². The molecular formula is C24H28ClFN2O4S. The Morgan fingerprint density at radius 3 is 2.27 bits per heavy atom. The second-order valence-electron chi connectivity index (χ2n) is 8.75. The van der Waals surface area contributed by atoms with Gasteiger partial charge in [-0.25, -0.2) is 12.8 Å². The van der Waals surface area contributed by atoms with Gasteiger partial charge in [0.15, 0.2) is 0 Å². The summed E-state index contributed by atoms with van der Waals surface area (Å²) >= 11 is 5.87. The number of hydrogen-bond acceptors (Lipinski definition) is 4. The largest absolute Gasteiger partial charge is 0.381 e. The van der Waals surface area contributed by atoms with Crippen LogP contribution in [0.1, 0.15) is 31.2 Å². The molecule has 9 heteroatoms. The van der Waals surface area contributed by atoms with Crippen LogP contribution in [0.5, 0.6) is 0 Å². The van der Waals surface area contributed by atoms with E-state index in [9.17, 15) is 17.6 Å². The molecular weight excluding hydrogens is 467 g/mol. The van der Waals surface area contributed by atoms with Crippen molar-refractivity contribution in [2.75, 3.05) is 32.8 Å². The van der Waals surface area contributed by atoms with Crippen LogP contribution in [0.4, 0.5) is 4.39 Å². The molecule has 2 aliphatic rings. The molecule has 2 saturated heterocycles. The normalized spacial score (nSPS) is 19.8. The van der Waals surface area contributed by atoms with Gasteiger partial charge >= 0.3 is 0 Å². The van der Waals surface area contributed by atoms with Gasteiger partial charge in [-0.3, -0.25) is 4.79 Å². The van der Waals surface area contributed by atoms with Gasteiger partial charge in [-0.2, -0.15) is 4.31 Å². The molecule has 0 aliphatic carbocycles. The molecule has 33 heavy (non-hydrogen) atoms. The molecule has 1 amide bonds. The number of halogens is 2. The van der Waals surface area contributed by atoms with Gasteiger partial charge < -0.3 is 10.1 Å². The lowest BCUT2D eigenvalue weighted by Crippen LogP contribution is -2.48. The summed E-state index contributed by atoms with van der Waals surface area (Å²) in [4.78, 5) is 13.2. The third kappa shape index (κ3) is 5.40. The number of rotatable bonds is 6. The lowest BCUT2D eigenvalue weighted by Gasteiger charge is -2.38. The number of piperidine rings is 1. The van der Waals surface area contributed by atoms with E-state index >= 15 is 0 Å². The van der Waals surface area contributed by atoms with E-state index in [0.29, 0.717) is 50.7 Å². The van der Waals surface area contributed by atoms with Gasteiger partial charge in [-0.1, -0.05) is 23.7 Å². The standard InChI is InChI=1S/C24H28ClFN2O4S/c25-20-3-7-22(8-4-20)33(30,31)28-13-9-18(10-14-28)23(29)27-17-24(11-15-32-16-12-24)19-1-5-21(26)6-2-19/h1-8,18H,9-17H2,(H,27,29). The Bertz CT molecular complexity index is 1060. The summed E-state index contributed by atoms with van der Waals surface area (Å²) in [5, 5.41) is 3.58. The highest BCUT2D eigenvalue weighted by molar-refractivity contribution is 7.89. The van der Waals surface area contributed by atoms with E-state index in [2.05, 4.69) is 5.32 Å². The molecule has 2 fully saturated rings. The molecule has 2 aromatic carbocycles. The van der Waals surface area contributed by atoms with Crippen molar-refractivity contribution in [1.29, 1.82) is 0 Å². The molecule has 0 radical (unpaired) electrons. The minimum Gasteiger partial charge on any atom is -0.381 e. The minimum absolute atomic E-state index is 0.0634. The average molecular weight is 495 g/mol. The molecule has 0 bridgehead atoms. The first-order valence-corrected chi connectivity index (χ1v) is 13.0. The van der Waals surface area contributed by atoms with E-state index < -0.39 is 10.0 Å². The number of carbonyl (C=O) groups excluding carboxylic acids is 1. The van der Waals surface area contributed by atoms with Crippen LogP contribution in [-0.2, 0) is 25.0 Å². The SMILES string of the molecule is O=C(NCC1(c2ccc(F)cc2)CCOCC1)C1CCN(S(=O)(=O)c2ccc(Cl)cc2)CC1. The number of hydrogen-bond donors (Lipinski definition) is 1. The first-order valence-electron chi connectivity index (χ1n) is 11.2. The van der Waals surface area contributed by atoms with Crippen molar-refractivity contribution in [3.8, 4) is 0 Å². The van der Waals surface area contributed by atoms with Crippen LogP contribution in [0.25, 0.3) is 0 Å². The number of sulfonamides is 1. The summed E-state index contributed by atoms with van der Waals surface area (Å²) in [5.41, 5.74) is 0.705. The number of nitrogens with zero attached hydrogens (tertiary/aromatic N) is 1. The van der Waals surface area contributed by atoms with Crippen molar-refractivity contribution < 1.29 is 22.3 Å². The van der Waals surface area contributed by atoms with E-state index in [4.69, 9.17) is 16.3 Å². The number of carbonyl (C=O) groups is 1. The summed E-state index contributed by atoms with van der Waals surface area (Å²) in [7, 11) is -3.61. The molecule has 0 spiro atoms. The maximum absolute atomic E-state index is 13.4. The smallest absolute Gasteiger partial charge is 0.243 e. The second kappa shape index (κ2) is 10.1. The van der Waals surface area contributed by atoms with Crippen LogP contribution in [-0.4, -0.2) is 51.5 Å². The predicted molar refractivity (Wildman–Crippen MR) is 124 cm³/mol. The van der Waals surface area contributed by atoms with Crippen molar-refractivity contribution in [3.63, 3.8) is 0 Å². The predicted octanol–water partition coefficient (Wildman–Crippen LogP) is 3.74. The zero-order chi connectivity index (χ0) is 23.5. The molecule has 6 nitrogen and oxygen atoms in total. The number of nitrogens with one attached hydrogen (secondary N) is 1. The van der Waals surface area contributed by atoms with E-state index in [1.807, 2.05) is 0 Å². The van der Waals surface area contributed by atoms with Crippen LogP contribution in [0.15, 0.2) is 53.4 Å². The van der Waals surface area contributed by atoms with Crippen molar-refractivity contribution in [2.24, 2.45) is 5.92 Å². The van der Waals surface area contributed by atoms with Gasteiger partial charge in [0.1, 0.15) is 5.82 Å². The van der Waals surface area contributed by atoms with Crippen molar-refractivity contribution in [1.82, 2.24) is 9.62 Å². The van der Waals surface area contributed by atoms with Crippen molar-refractivity contribution in [2.45, 2.75) is 36.0 Å². The molecule has 4 rings (SSSR count). The second-order valence-corrected chi connectivity index (χ2v) is 11.1. The Morgan fingerprint density at radius 2 is 1.67 bits per heavy atom. The average Bonchev–Trinajstić information content (AvgIpc) is 2.84. The summed E-state index contributed by atoms with van der Waals surface area (Å²) in [6.07, 6.45) is 2.42. The zero-order valence-electron chi connectivity index (χ0n) is 18.3.